The van der Waals surface area contributed by atoms with Gasteiger partial charge < -0.3 is 24.8 Å². The van der Waals surface area contributed by atoms with E-state index in [1.807, 2.05) is 0 Å². The van der Waals surface area contributed by atoms with Crippen molar-refractivity contribution in [3.8, 4) is 17.3 Å². The van der Waals surface area contributed by atoms with Crippen LogP contribution in [0.3, 0.4) is 0 Å². The van der Waals surface area contributed by atoms with Crippen LogP contribution >= 0.6 is 0 Å². The second-order valence-electron chi connectivity index (χ2n) is 6.15. The number of hydrogen-bond acceptors (Lipinski definition) is 8. The molecule has 0 aliphatic rings. The zero-order valence-corrected chi connectivity index (χ0v) is 13.9. The summed E-state index contributed by atoms with van der Waals surface area (Å²) in [6.07, 6.45) is 0.134. The third-order valence-electron chi connectivity index (χ3n) is 2.81. The van der Waals surface area contributed by atoms with Gasteiger partial charge in [0.2, 0.25) is 11.7 Å². The molecule has 1 amide bonds. The lowest BCUT2D eigenvalue weighted by Crippen LogP contribution is -2.44. The second-order valence-corrected chi connectivity index (χ2v) is 6.15. The molecule has 10 heteroatoms. The molecule has 1 atom stereocenters. The quantitative estimate of drug-likeness (QED) is 0.726. The van der Waals surface area contributed by atoms with Crippen LogP contribution in [0.15, 0.2) is 22.9 Å². The molecule has 2 heterocycles. The molecular weight excluding hydrogens is 332 g/mol. The molecule has 0 spiro atoms. The molecule has 2 aromatic rings. The Bertz CT molecular complexity index is 750. The number of carboxylic acid groups (broad SMARTS) is 1. The molecule has 0 aliphatic heterocycles. The van der Waals surface area contributed by atoms with Crippen molar-refractivity contribution >= 4 is 12.1 Å². The molecule has 0 bridgehead atoms. The average Bonchev–Trinajstić information content (AvgIpc) is 2.94. The highest BCUT2D eigenvalue weighted by molar-refractivity contribution is 5.80. The van der Waals surface area contributed by atoms with Crippen LogP contribution in [0.1, 0.15) is 26.7 Å². The standard InChI is InChI=1S/C15H18N4O6/c1-15(2,3)24-14(23)17-10(13(21)22)6-11-18-12(19-25-11)9-5-4-8(20)7-16-9/h4-5,7,10,20H,6H2,1-3H3,(H,17,23)(H,21,22). The smallest absolute Gasteiger partial charge is 0.408 e. The molecule has 0 radical (unpaired) electrons. The number of amides is 1. The van der Waals surface area contributed by atoms with E-state index >= 15 is 0 Å². The largest absolute Gasteiger partial charge is 0.506 e. The van der Waals surface area contributed by atoms with E-state index in [0.717, 1.165) is 0 Å². The van der Waals surface area contributed by atoms with Crippen molar-refractivity contribution in [3.63, 3.8) is 0 Å². The van der Waals surface area contributed by atoms with Gasteiger partial charge in [0.25, 0.3) is 0 Å². The van der Waals surface area contributed by atoms with Gasteiger partial charge in [-0.3, -0.25) is 0 Å². The number of hydrogen-bond donors (Lipinski definition) is 3. The van der Waals surface area contributed by atoms with E-state index in [2.05, 4.69) is 20.4 Å². The molecule has 0 saturated carbocycles. The van der Waals surface area contributed by atoms with Crippen LogP contribution in [0.2, 0.25) is 0 Å². The summed E-state index contributed by atoms with van der Waals surface area (Å²) < 4.78 is 10.0. The lowest BCUT2D eigenvalue weighted by atomic mass is 10.2. The number of aliphatic carboxylic acids is 1. The van der Waals surface area contributed by atoms with Crippen LogP contribution in [0.5, 0.6) is 5.75 Å². The number of nitrogens with one attached hydrogen (secondary N) is 1. The summed E-state index contributed by atoms with van der Waals surface area (Å²) in [5.41, 5.74) is -0.408. The fourth-order valence-corrected chi connectivity index (χ4v) is 1.78. The summed E-state index contributed by atoms with van der Waals surface area (Å²) in [5.74, 6) is -1.14. The Morgan fingerprint density at radius 1 is 1.36 bits per heavy atom. The molecule has 10 nitrogen and oxygen atoms in total. The lowest BCUT2D eigenvalue weighted by Gasteiger charge is -2.21. The summed E-state index contributed by atoms with van der Waals surface area (Å²) >= 11 is 0. The van der Waals surface area contributed by atoms with Crippen LogP contribution in [-0.2, 0) is 16.0 Å². The Morgan fingerprint density at radius 2 is 2.08 bits per heavy atom. The lowest BCUT2D eigenvalue weighted by molar-refractivity contribution is -0.139. The van der Waals surface area contributed by atoms with E-state index in [1.54, 1.807) is 20.8 Å². The molecule has 0 saturated heterocycles. The van der Waals surface area contributed by atoms with Gasteiger partial charge in [-0.2, -0.15) is 4.98 Å². The van der Waals surface area contributed by atoms with E-state index < -0.39 is 23.7 Å². The van der Waals surface area contributed by atoms with Gasteiger partial charge in [0.05, 0.1) is 12.6 Å². The van der Waals surface area contributed by atoms with E-state index in [0.29, 0.717) is 5.69 Å². The Kier molecular flexibility index (Phi) is 5.20. The van der Waals surface area contributed by atoms with Crippen LogP contribution in [-0.4, -0.2) is 49.0 Å². The summed E-state index contributed by atoms with van der Waals surface area (Å²) in [4.78, 5) is 31.0. The first-order valence-electron chi connectivity index (χ1n) is 7.34. The number of rotatable bonds is 5. The zero-order valence-electron chi connectivity index (χ0n) is 13.9. The summed E-state index contributed by atoms with van der Waals surface area (Å²) in [6.45, 7) is 4.99. The number of ether oxygens (including phenoxy) is 1. The predicted molar refractivity (Wildman–Crippen MR) is 83.7 cm³/mol. The predicted octanol–water partition coefficient (Wildman–Crippen LogP) is 1.36. The monoisotopic (exact) mass is 350 g/mol. The van der Waals surface area contributed by atoms with Crippen molar-refractivity contribution < 1.29 is 29.1 Å². The third-order valence-corrected chi connectivity index (χ3v) is 2.81. The van der Waals surface area contributed by atoms with Crippen LogP contribution in [0, 0.1) is 0 Å². The number of nitrogens with zero attached hydrogens (tertiary/aromatic N) is 3. The Hall–Kier alpha value is -3.17. The van der Waals surface area contributed by atoms with Crippen LogP contribution < -0.4 is 5.32 Å². The minimum atomic E-state index is -1.30. The van der Waals surface area contributed by atoms with Crippen molar-refractivity contribution in [1.29, 1.82) is 0 Å². The van der Waals surface area contributed by atoms with Crippen LogP contribution in [0.25, 0.3) is 11.5 Å². The Balaban J connectivity index is 2.06. The fraction of sp³-hybridized carbons (Fsp3) is 0.400. The number of aromatic nitrogens is 3. The highest BCUT2D eigenvalue weighted by Gasteiger charge is 2.26. The second kappa shape index (κ2) is 7.16. The maximum atomic E-state index is 11.7. The average molecular weight is 350 g/mol. The first-order valence-corrected chi connectivity index (χ1v) is 7.34. The van der Waals surface area contributed by atoms with E-state index in [1.165, 1.54) is 18.3 Å². The molecule has 0 fully saturated rings. The Labute approximate surface area is 142 Å². The number of carbonyl (C=O) groups is 2. The molecular formula is C15H18N4O6. The maximum absolute atomic E-state index is 11.7. The van der Waals surface area contributed by atoms with E-state index in [-0.39, 0.29) is 23.9 Å². The Morgan fingerprint density at radius 3 is 2.64 bits per heavy atom. The maximum Gasteiger partial charge on any atom is 0.408 e. The minimum Gasteiger partial charge on any atom is -0.506 e. The van der Waals surface area contributed by atoms with Gasteiger partial charge in [0.1, 0.15) is 23.1 Å². The molecule has 2 aromatic heterocycles. The fourth-order valence-electron chi connectivity index (χ4n) is 1.78. The van der Waals surface area contributed by atoms with Gasteiger partial charge in [-0.05, 0) is 32.9 Å². The normalized spacial score (nSPS) is 12.4. The van der Waals surface area contributed by atoms with Gasteiger partial charge in [0, 0.05) is 0 Å². The van der Waals surface area contributed by atoms with Gasteiger partial charge in [-0.25, -0.2) is 14.6 Å². The number of carboxylic acids is 1. The number of carbonyl (C=O) groups excluding carboxylic acids is 1. The molecule has 3 N–H and O–H groups in total. The van der Waals surface area contributed by atoms with Gasteiger partial charge >= 0.3 is 12.1 Å². The van der Waals surface area contributed by atoms with E-state index in [9.17, 15) is 19.8 Å². The molecule has 1 unspecified atom stereocenters. The van der Waals surface area contributed by atoms with Crippen molar-refractivity contribution in [2.24, 2.45) is 0 Å². The molecule has 25 heavy (non-hydrogen) atoms. The summed E-state index contributed by atoms with van der Waals surface area (Å²) in [5, 5.41) is 24.4. The summed E-state index contributed by atoms with van der Waals surface area (Å²) in [6, 6.07) is 1.59. The zero-order chi connectivity index (χ0) is 18.6. The molecule has 2 rings (SSSR count). The van der Waals surface area contributed by atoms with Gasteiger partial charge in [-0.1, -0.05) is 5.16 Å². The van der Waals surface area contributed by atoms with Crippen molar-refractivity contribution in [2.45, 2.75) is 38.8 Å². The highest BCUT2D eigenvalue weighted by atomic mass is 16.6. The van der Waals surface area contributed by atoms with Crippen molar-refractivity contribution in [1.82, 2.24) is 20.4 Å². The van der Waals surface area contributed by atoms with Crippen molar-refractivity contribution in [2.75, 3.05) is 0 Å². The third kappa shape index (κ3) is 5.44. The van der Waals surface area contributed by atoms with Crippen molar-refractivity contribution in [3.05, 3.63) is 24.2 Å². The number of alkyl carbamates (subject to hydrolysis) is 1. The molecule has 0 aromatic carbocycles. The topological polar surface area (TPSA) is 148 Å². The molecule has 0 aliphatic carbocycles. The van der Waals surface area contributed by atoms with E-state index in [4.69, 9.17) is 9.26 Å². The first-order chi connectivity index (χ1) is 11.6. The molecule has 134 valence electrons. The minimum absolute atomic E-state index is 0.00772. The first kappa shape index (κ1) is 18.2. The van der Waals surface area contributed by atoms with Crippen LogP contribution in [0.4, 0.5) is 4.79 Å². The summed E-state index contributed by atoms with van der Waals surface area (Å²) in [7, 11) is 0. The highest BCUT2D eigenvalue weighted by Crippen LogP contribution is 2.16. The SMILES string of the molecule is CC(C)(C)OC(=O)NC(Cc1nc(-c2ccc(O)cn2)no1)C(=O)O. The number of aromatic hydroxyl groups is 1. The number of pyridine rings is 1. The van der Waals surface area contributed by atoms with Gasteiger partial charge in [0.15, 0.2) is 0 Å². The van der Waals surface area contributed by atoms with Gasteiger partial charge in [-0.15, -0.1) is 0 Å².